The highest BCUT2D eigenvalue weighted by molar-refractivity contribution is 7.89. The van der Waals surface area contributed by atoms with Crippen LogP contribution in [0, 0.1) is 0 Å². The first kappa shape index (κ1) is 18.6. The molecule has 2 rings (SSSR count). The maximum Gasteiger partial charge on any atom is 0.336 e. The summed E-state index contributed by atoms with van der Waals surface area (Å²) >= 11 is 0. The van der Waals surface area contributed by atoms with Crippen molar-refractivity contribution >= 4 is 27.6 Å². The Morgan fingerprint density at radius 2 is 1.52 bits per heavy atom. The number of anilines is 1. The van der Waals surface area contributed by atoms with Crippen molar-refractivity contribution < 1.29 is 23.1 Å². The molecule has 0 aliphatic rings. The number of benzene rings is 2. The zero-order chi connectivity index (χ0) is 18.6. The number of aromatic carboxylic acids is 1. The summed E-state index contributed by atoms with van der Waals surface area (Å²) in [6.45, 7) is 3.43. The van der Waals surface area contributed by atoms with Crippen molar-refractivity contribution in [1.29, 1.82) is 0 Å². The molecule has 0 unspecified atom stereocenters. The standard InChI is InChI=1S/C17H18N2O5S/c1-11(2)19-25(23,24)13-9-7-12(8-10-13)18-16(20)14-5-3-4-6-15(14)17(21)22/h3-11,19H,1-2H3,(H,18,20)(H,21,22). The fourth-order valence-corrected chi connectivity index (χ4v) is 3.41. The van der Waals surface area contributed by atoms with Crippen molar-refractivity contribution in [1.82, 2.24) is 4.72 Å². The van der Waals surface area contributed by atoms with E-state index in [2.05, 4.69) is 10.0 Å². The molecule has 0 spiro atoms. The van der Waals surface area contributed by atoms with E-state index in [0.29, 0.717) is 5.69 Å². The van der Waals surface area contributed by atoms with E-state index in [9.17, 15) is 18.0 Å². The minimum Gasteiger partial charge on any atom is -0.478 e. The van der Waals surface area contributed by atoms with Gasteiger partial charge in [-0.3, -0.25) is 4.79 Å². The molecular formula is C17H18N2O5S. The van der Waals surface area contributed by atoms with Crippen molar-refractivity contribution in [3.05, 3.63) is 59.7 Å². The Hall–Kier alpha value is -2.71. The summed E-state index contributed by atoms with van der Waals surface area (Å²) < 4.78 is 26.6. The highest BCUT2D eigenvalue weighted by Crippen LogP contribution is 2.16. The molecule has 132 valence electrons. The maximum absolute atomic E-state index is 12.3. The Balaban J connectivity index is 2.20. The van der Waals surface area contributed by atoms with Gasteiger partial charge in [0.2, 0.25) is 10.0 Å². The van der Waals surface area contributed by atoms with Gasteiger partial charge in [0, 0.05) is 11.7 Å². The normalized spacial score (nSPS) is 11.3. The van der Waals surface area contributed by atoms with Crippen molar-refractivity contribution in [2.24, 2.45) is 0 Å². The summed E-state index contributed by atoms with van der Waals surface area (Å²) in [5, 5.41) is 11.7. The van der Waals surface area contributed by atoms with Crippen LogP contribution < -0.4 is 10.0 Å². The van der Waals surface area contributed by atoms with Gasteiger partial charge in [-0.15, -0.1) is 0 Å². The maximum atomic E-state index is 12.3. The second-order valence-electron chi connectivity index (χ2n) is 5.61. The van der Waals surface area contributed by atoms with E-state index in [0.717, 1.165) is 0 Å². The molecule has 0 radical (unpaired) electrons. The molecule has 0 saturated heterocycles. The first-order valence-corrected chi connectivity index (χ1v) is 8.95. The van der Waals surface area contributed by atoms with E-state index in [1.54, 1.807) is 19.9 Å². The molecule has 0 heterocycles. The van der Waals surface area contributed by atoms with Gasteiger partial charge in [-0.25, -0.2) is 17.9 Å². The summed E-state index contributed by atoms with van der Waals surface area (Å²) in [5.41, 5.74) is 0.266. The summed E-state index contributed by atoms with van der Waals surface area (Å²) in [6, 6.07) is 11.2. The predicted octanol–water partition coefficient (Wildman–Crippen LogP) is 2.32. The topological polar surface area (TPSA) is 113 Å². The molecular weight excluding hydrogens is 344 g/mol. The highest BCUT2D eigenvalue weighted by Gasteiger charge is 2.17. The van der Waals surface area contributed by atoms with Crippen LogP contribution in [0.25, 0.3) is 0 Å². The van der Waals surface area contributed by atoms with Crippen LogP contribution >= 0.6 is 0 Å². The quantitative estimate of drug-likeness (QED) is 0.730. The number of rotatable bonds is 6. The molecule has 0 saturated carbocycles. The average Bonchev–Trinajstić information content (AvgIpc) is 2.54. The van der Waals surface area contributed by atoms with Crippen LogP contribution in [0.1, 0.15) is 34.6 Å². The van der Waals surface area contributed by atoms with Crippen molar-refractivity contribution in [3.63, 3.8) is 0 Å². The lowest BCUT2D eigenvalue weighted by Gasteiger charge is -2.11. The first-order chi connectivity index (χ1) is 11.7. The lowest BCUT2D eigenvalue weighted by atomic mass is 10.1. The third kappa shape index (κ3) is 4.65. The summed E-state index contributed by atoms with van der Waals surface area (Å²) in [5.74, 6) is -1.79. The van der Waals surface area contributed by atoms with Gasteiger partial charge < -0.3 is 10.4 Å². The van der Waals surface area contributed by atoms with E-state index >= 15 is 0 Å². The molecule has 2 aromatic carbocycles. The third-order valence-corrected chi connectivity index (χ3v) is 4.89. The third-order valence-electron chi connectivity index (χ3n) is 3.22. The van der Waals surface area contributed by atoms with E-state index in [-0.39, 0.29) is 22.1 Å². The minimum absolute atomic E-state index is 0.0215. The number of hydrogen-bond acceptors (Lipinski definition) is 4. The lowest BCUT2D eigenvalue weighted by Crippen LogP contribution is -2.30. The van der Waals surface area contributed by atoms with Crippen molar-refractivity contribution in [2.45, 2.75) is 24.8 Å². The number of carbonyl (C=O) groups is 2. The smallest absolute Gasteiger partial charge is 0.336 e. The molecule has 0 aromatic heterocycles. The molecule has 2 aromatic rings. The van der Waals surface area contributed by atoms with E-state index < -0.39 is 21.9 Å². The minimum atomic E-state index is -3.62. The number of sulfonamides is 1. The Morgan fingerprint density at radius 3 is 2.04 bits per heavy atom. The average molecular weight is 362 g/mol. The van der Waals surface area contributed by atoms with Crippen molar-refractivity contribution in [3.8, 4) is 0 Å². The Bertz CT molecular complexity index is 890. The van der Waals surface area contributed by atoms with Crippen LogP contribution in [-0.2, 0) is 10.0 Å². The molecule has 7 nitrogen and oxygen atoms in total. The summed E-state index contributed by atoms with van der Waals surface area (Å²) in [7, 11) is -3.62. The molecule has 0 atom stereocenters. The number of carboxylic acids is 1. The van der Waals surface area contributed by atoms with Gasteiger partial charge in [-0.05, 0) is 50.2 Å². The largest absolute Gasteiger partial charge is 0.478 e. The van der Waals surface area contributed by atoms with Gasteiger partial charge >= 0.3 is 5.97 Å². The van der Waals surface area contributed by atoms with Gasteiger partial charge in [-0.2, -0.15) is 0 Å². The number of nitrogens with one attached hydrogen (secondary N) is 2. The van der Waals surface area contributed by atoms with Gasteiger partial charge in [0.15, 0.2) is 0 Å². The second kappa shape index (κ2) is 7.45. The molecule has 0 bridgehead atoms. The predicted molar refractivity (Wildman–Crippen MR) is 93.3 cm³/mol. The van der Waals surface area contributed by atoms with Crippen LogP contribution in [0.3, 0.4) is 0 Å². The SMILES string of the molecule is CC(C)NS(=O)(=O)c1ccc(NC(=O)c2ccccc2C(=O)O)cc1. The molecule has 0 aliphatic carbocycles. The highest BCUT2D eigenvalue weighted by atomic mass is 32.2. The van der Waals surface area contributed by atoms with Gasteiger partial charge in [0.1, 0.15) is 0 Å². The number of carbonyl (C=O) groups excluding carboxylic acids is 1. The van der Waals surface area contributed by atoms with E-state index in [1.165, 1.54) is 42.5 Å². The van der Waals surface area contributed by atoms with Gasteiger partial charge in [0.05, 0.1) is 16.0 Å². The van der Waals surface area contributed by atoms with E-state index in [1.807, 2.05) is 0 Å². The van der Waals surface area contributed by atoms with Gasteiger partial charge in [0.25, 0.3) is 5.91 Å². The Labute approximate surface area is 145 Å². The lowest BCUT2D eigenvalue weighted by molar-refractivity contribution is 0.0692. The van der Waals surface area contributed by atoms with Crippen LogP contribution in [0.15, 0.2) is 53.4 Å². The molecule has 25 heavy (non-hydrogen) atoms. The van der Waals surface area contributed by atoms with Gasteiger partial charge in [-0.1, -0.05) is 12.1 Å². The van der Waals surface area contributed by atoms with Crippen LogP contribution in [-0.4, -0.2) is 31.4 Å². The molecule has 8 heteroatoms. The van der Waals surface area contributed by atoms with Crippen LogP contribution in [0.5, 0.6) is 0 Å². The van der Waals surface area contributed by atoms with E-state index in [4.69, 9.17) is 5.11 Å². The van der Waals surface area contributed by atoms with Crippen LogP contribution in [0.4, 0.5) is 5.69 Å². The van der Waals surface area contributed by atoms with Crippen molar-refractivity contribution in [2.75, 3.05) is 5.32 Å². The zero-order valence-electron chi connectivity index (χ0n) is 13.7. The molecule has 3 N–H and O–H groups in total. The fraction of sp³-hybridized carbons (Fsp3) is 0.176. The second-order valence-corrected chi connectivity index (χ2v) is 7.32. The monoisotopic (exact) mass is 362 g/mol. The number of hydrogen-bond donors (Lipinski definition) is 3. The summed E-state index contributed by atoms with van der Waals surface area (Å²) in [4.78, 5) is 23.5. The fourth-order valence-electron chi connectivity index (χ4n) is 2.16. The molecule has 1 amide bonds. The molecule has 0 fully saturated rings. The summed E-state index contributed by atoms with van der Waals surface area (Å²) in [6.07, 6.45) is 0. The number of carboxylic acid groups (broad SMARTS) is 1. The molecule has 0 aliphatic heterocycles. The number of amides is 1. The Kier molecular flexibility index (Phi) is 5.55. The first-order valence-electron chi connectivity index (χ1n) is 7.47. The Morgan fingerprint density at radius 1 is 0.960 bits per heavy atom. The van der Waals surface area contributed by atoms with Crippen LogP contribution in [0.2, 0.25) is 0 Å². The zero-order valence-corrected chi connectivity index (χ0v) is 14.5.